The lowest BCUT2D eigenvalue weighted by Gasteiger charge is -2.42. The minimum Gasteiger partial charge on any atom is -0.481 e. The second-order valence-electron chi connectivity index (χ2n) is 4.57. The Morgan fingerprint density at radius 2 is 1.84 bits per heavy atom. The molecule has 19 heavy (non-hydrogen) atoms. The first-order valence-corrected chi connectivity index (χ1v) is 6.62. The molecule has 4 heteroatoms. The van der Waals surface area contributed by atoms with E-state index in [1.807, 2.05) is 44.2 Å². The van der Waals surface area contributed by atoms with Crippen LogP contribution in [0.2, 0.25) is 0 Å². The Morgan fingerprint density at radius 3 is 2.26 bits per heavy atom. The van der Waals surface area contributed by atoms with Crippen LogP contribution in [0.1, 0.15) is 25.8 Å². The first-order valence-electron chi connectivity index (χ1n) is 6.62. The number of carbonyl (C=O) groups is 1. The smallest absolute Gasteiger partial charge is 0.305 e. The lowest BCUT2D eigenvalue weighted by Crippen LogP contribution is -2.50. The third-order valence-electron chi connectivity index (χ3n) is 3.51. The third-order valence-corrected chi connectivity index (χ3v) is 3.51. The zero-order valence-corrected chi connectivity index (χ0v) is 11.9. The normalized spacial score (nSPS) is 14.3. The van der Waals surface area contributed by atoms with E-state index >= 15 is 0 Å². The number of methoxy groups -OCH3 is 1. The predicted molar refractivity (Wildman–Crippen MR) is 75.2 cm³/mol. The van der Waals surface area contributed by atoms with Crippen LogP contribution in [0.15, 0.2) is 30.3 Å². The van der Waals surface area contributed by atoms with Crippen molar-refractivity contribution in [3.63, 3.8) is 0 Å². The number of carboxylic acid groups (broad SMARTS) is 1. The van der Waals surface area contributed by atoms with Gasteiger partial charge in [-0.1, -0.05) is 44.2 Å². The van der Waals surface area contributed by atoms with Crippen LogP contribution >= 0.6 is 0 Å². The number of rotatable bonds is 8. The van der Waals surface area contributed by atoms with Crippen molar-refractivity contribution in [2.75, 3.05) is 26.8 Å². The Labute approximate surface area is 115 Å². The molecule has 0 bridgehead atoms. The summed E-state index contributed by atoms with van der Waals surface area (Å²) in [4.78, 5) is 13.5. The van der Waals surface area contributed by atoms with E-state index < -0.39 is 11.5 Å². The number of ether oxygens (including phenoxy) is 1. The average molecular weight is 265 g/mol. The van der Waals surface area contributed by atoms with Gasteiger partial charge >= 0.3 is 5.97 Å². The standard InChI is InChI=1S/C15H23NO3/c1-4-16(5-2)15(12-19-3,11-14(17)18)13-9-7-6-8-10-13/h6-10H,4-5,11-12H2,1-3H3,(H,17,18). The first kappa shape index (κ1) is 15.7. The molecule has 0 aromatic heterocycles. The van der Waals surface area contributed by atoms with E-state index in [0.29, 0.717) is 6.61 Å². The number of aliphatic carboxylic acids is 1. The van der Waals surface area contributed by atoms with Crippen LogP contribution < -0.4 is 0 Å². The molecule has 0 fully saturated rings. The molecule has 0 aliphatic heterocycles. The largest absolute Gasteiger partial charge is 0.481 e. The Bertz CT molecular complexity index is 390. The fourth-order valence-electron chi connectivity index (χ4n) is 2.69. The lowest BCUT2D eigenvalue weighted by atomic mass is 9.85. The zero-order valence-electron chi connectivity index (χ0n) is 11.9. The fraction of sp³-hybridized carbons (Fsp3) is 0.533. The van der Waals surface area contributed by atoms with E-state index in [-0.39, 0.29) is 6.42 Å². The molecule has 1 aromatic rings. The van der Waals surface area contributed by atoms with Gasteiger partial charge in [-0.25, -0.2) is 0 Å². The molecule has 0 aliphatic carbocycles. The van der Waals surface area contributed by atoms with Gasteiger partial charge in [0, 0.05) is 7.11 Å². The molecule has 1 atom stereocenters. The van der Waals surface area contributed by atoms with Gasteiger partial charge in [-0.2, -0.15) is 0 Å². The molecule has 0 radical (unpaired) electrons. The van der Waals surface area contributed by atoms with Gasteiger partial charge in [0.15, 0.2) is 0 Å². The van der Waals surface area contributed by atoms with Crippen molar-refractivity contribution in [3.8, 4) is 0 Å². The van der Waals surface area contributed by atoms with E-state index in [0.717, 1.165) is 18.7 Å². The monoisotopic (exact) mass is 265 g/mol. The molecule has 1 rings (SSSR count). The van der Waals surface area contributed by atoms with Crippen molar-refractivity contribution < 1.29 is 14.6 Å². The molecule has 106 valence electrons. The summed E-state index contributed by atoms with van der Waals surface area (Å²) in [7, 11) is 1.61. The Balaban J connectivity index is 3.29. The summed E-state index contributed by atoms with van der Waals surface area (Å²) < 4.78 is 5.34. The first-order chi connectivity index (χ1) is 9.10. The minimum atomic E-state index is -0.812. The highest BCUT2D eigenvalue weighted by molar-refractivity contribution is 5.69. The Kier molecular flexibility index (Phi) is 5.99. The van der Waals surface area contributed by atoms with Gasteiger partial charge in [-0.15, -0.1) is 0 Å². The maximum atomic E-state index is 11.3. The summed E-state index contributed by atoms with van der Waals surface area (Å²) in [5.74, 6) is -0.812. The van der Waals surface area contributed by atoms with Crippen LogP contribution in [0, 0.1) is 0 Å². The quantitative estimate of drug-likeness (QED) is 0.784. The molecule has 0 saturated heterocycles. The second kappa shape index (κ2) is 7.26. The van der Waals surface area contributed by atoms with Crippen molar-refractivity contribution in [2.24, 2.45) is 0 Å². The number of likely N-dealkylation sites (N-methyl/N-ethyl adjacent to an activating group) is 1. The summed E-state index contributed by atoms with van der Waals surface area (Å²) in [5.41, 5.74) is 0.383. The Morgan fingerprint density at radius 1 is 1.26 bits per heavy atom. The summed E-state index contributed by atoms with van der Waals surface area (Å²) in [6, 6.07) is 9.75. The average Bonchev–Trinajstić information content (AvgIpc) is 2.40. The molecule has 4 nitrogen and oxygen atoms in total. The Hall–Kier alpha value is -1.39. The minimum absolute atomic E-state index is 0.0343. The molecule has 0 heterocycles. The van der Waals surface area contributed by atoms with E-state index in [2.05, 4.69) is 4.90 Å². The summed E-state index contributed by atoms with van der Waals surface area (Å²) in [5, 5.41) is 9.29. The third kappa shape index (κ3) is 3.55. The van der Waals surface area contributed by atoms with Gasteiger partial charge in [0.2, 0.25) is 0 Å². The molecule has 0 saturated carbocycles. The lowest BCUT2D eigenvalue weighted by molar-refractivity contribution is -0.142. The molecule has 1 N–H and O–H groups in total. The predicted octanol–water partition coefficient (Wildman–Crippen LogP) is 2.34. The summed E-state index contributed by atoms with van der Waals surface area (Å²) >= 11 is 0. The van der Waals surface area contributed by atoms with E-state index in [1.54, 1.807) is 7.11 Å². The fourth-order valence-corrected chi connectivity index (χ4v) is 2.69. The molecular formula is C15H23NO3. The van der Waals surface area contributed by atoms with Crippen LogP contribution in [0.3, 0.4) is 0 Å². The van der Waals surface area contributed by atoms with Crippen LogP contribution in [0.4, 0.5) is 0 Å². The van der Waals surface area contributed by atoms with E-state index in [1.165, 1.54) is 0 Å². The van der Waals surface area contributed by atoms with E-state index in [9.17, 15) is 9.90 Å². The highest BCUT2D eigenvalue weighted by atomic mass is 16.5. The van der Waals surface area contributed by atoms with Crippen molar-refractivity contribution in [3.05, 3.63) is 35.9 Å². The molecule has 0 aliphatic rings. The highest BCUT2D eigenvalue weighted by Gasteiger charge is 2.39. The summed E-state index contributed by atoms with van der Waals surface area (Å²) in [6.07, 6.45) is 0.0343. The van der Waals surface area contributed by atoms with Crippen LogP contribution in [0.5, 0.6) is 0 Å². The number of nitrogens with zero attached hydrogens (tertiary/aromatic N) is 1. The number of hydrogen-bond acceptors (Lipinski definition) is 3. The van der Waals surface area contributed by atoms with Crippen LogP contribution in [0.25, 0.3) is 0 Å². The number of hydrogen-bond donors (Lipinski definition) is 1. The van der Waals surface area contributed by atoms with Gasteiger partial charge in [0.1, 0.15) is 0 Å². The molecule has 0 amide bonds. The van der Waals surface area contributed by atoms with Gasteiger partial charge < -0.3 is 9.84 Å². The zero-order chi connectivity index (χ0) is 14.3. The molecule has 1 aromatic carbocycles. The number of benzene rings is 1. The summed E-state index contributed by atoms with van der Waals surface area (Å²) in [6.45, 7) is 6.01. The van der Waals surface area contributed by atoms with Crippen molar-refractivity contribution in [1.29, 1.82) is 0 Å². The SMILES string of the molecule is CCN(CC)C(COC)(CC(=O)O)c1ccccc1. The topological polar surface area (TPSA) is 49.8 Å². The maximum Gasteiger partial charge on any atom is 0.305 e. The molecular weight excluding hydrogens is 242 g/mol. The molecule has 1 unspecified atom stereocenters. The van der Waals surface area contributed by atoms with Crippen molar-refractivity contribution in [1.82, 2.24) is 4.90 Å². The van der Waals surface area contributed by atoms with Gasteiger partial charge in [-0.05, 0) is 18.7 Å². The van der Waals surface area contributed by atoms with Crippen LogP contribution in [-0.4, -0.2) is 42.8 Å². The van der Waals surface area contributed by atoms with Crippen molar-refractivity contribution in [2.45, 2.75) is 25.8 Å². The van der Waals surface area contributed by atoms with Crippen molar-refractivity contribution >= 4 is 5.97 Å². The maximum absolute atomic E-state index is 11.3. The van der Waals surface area contributed by atoms with E-state index in [4.69, 9.17) is 4.74 Å². The molecule has 0 spiro atoms. The van der Waals surface area contributed by atoms with Crippen LogP contribution in [-0.2, 0) is 15.1 Å². The highest BCUT2D eigenvalue weighted by Crippen LogP contribution is 2.32. The second-order valence-corrected chi connectivity index (χ2v) is 4.57. The van der Waals surface area contributed by atoms with Gasteiger partial charge in [0.05, 0.1) is 18.6 Å². The number of carboxylic acids is 1. The van der Waals surface area contributed by atoms with Gasteiger partial charge in [-0.3, -0.25) is 9.69 Å². The van der Waals surface area contributed by atoms with Gasteiger partial charge in [0.25, 0.3) is 0 Å².